The maximum atomic E-state index is 15.0. The third kappa shape index (κ3) is 5.32. The van der Waals surface area contributed by atoms with Crippen LogP contribution in [0, 0.1) is 5.82 Å². The lowest BCUT2D eigenvalue weighted by atomic mass is 9.85. The molecule has 4 rings (SSSR count). The number of aliphatic hydroxyl groups is 2. The predicted octanol–water partition coefficient (Wildman–Crippen LogP) is 3.40. The number of carbonyl (C=O) groups is 1. The molecule has 1 amide bonds. The number of aliphatic hydroxyl groups excluding tert-OH is 2. The van der Waals surface area contributed by atoms with Crippen LogP contribution in [0.4, 0.5) is 10.2 Å². The van der Waals surface area contributed by atoms with Crippen molar-refractivity contribution < 1.29 is 19.4 Å². The van der Waals surface area contributed by atoms with Crippen LogP contribution >= 0.6 is 11.6 Å². The van der Waals surface area contributed by atoms with Crippen LogP contribution in [0.3, 0.4) is 0 Å². The van der Waals surface area contributed by atoms with E-state index < -0.39 is 24.4 Å². The van der Waals surface area contributed by atoms with E-state index >= 15 is 0 Å². The van der Waals surface area contributed by atoms with Gasteiger partial charge in [0.05, 0.1) is 41.9 Å². The molecule has 178 valence electrons. The van der Waals surface area contributed by atoms with Gasteiger partial charge in [0.1, 0.15) is 22.5 Å². The van der Waals surface area contributed by atoms with Crippen LogP contribution in [-0.4, -0.2) is 43.8 Å². The summed E-state index contributed by atoms with van der Waals surface area (Å²) >= 11 is 5.88. The van der Waals surface area contributed by atoms with Gasteiger partial charge in [0.15, 0.2) is 0 Å². The lowest BCUT2D eigenvalue weighted by Crippen LogP contribution is -2.32. The van der Waals surface area contributed by atoms with Crippen molar-refractivity contribution in [3.05, 3.63) is 70.5 Å². The molecule has 0 saturated heterocycles. The average Bonchev–Trinajstić information content (AvgIpc) is 2.83. The van der Waals surface area contributed by atoms with E-state index in [0.717, 1.165) is 18.5 Å². The van der Waals surface area contributed by atoms with Crippen LogP contribution < -0.4 is 11.1 Å². The second-order valence-electron chi connectivity index (χ2n) is 8.32. The molecule has 8 nitrogen and oxygen atoms in total. The van der Waals surface area contributed by atoms with Crippen molar-refractivity contribution >= 4 is 23.3 Å². The molecule has 0 spiro atoms. The number of aromatic nitrogens is 3. The van der Waals surface area contributed by atoms with Crippen molar-refractivity contribution in [3.63, 3.8) is 0 Å². The second-order valence-corrected chi connectivity index (χ2v) is 8.71. The molecule has 0 unspecified atom stereocenters. The van der Waals surface area contributed by atoms with Gasteiger partial charge in [-0.05, 0) is 49.9 Å². The van der Waals surface area contributed by atoms with Crippen molar-refractivity contribution in [3.8, 4) is 11.3 Å². The number of nitrogens with two attached hydrogens (primary N) is 1. The van der Waals surface area contributed by atoms with E-state index in [1.165, 1.54) is 12.1 Å². The van der Waals surface area contributed by atoms with Gasteiger partial charge in [-0.25, -0.2) is 19.3 Å². The highest BCUT2D eigenvalue weighted by molar-refractivity contribution is 6.29. The largest absolute Gasteiger partial charge is 0.394 e. The molecule has 1 aliphatic rings. The van der Waals surface area contributed by atoms with Gasteiger partial charge in [0.25, 0.3) is 5.91 Å². The second kappa shape index (κ2) is 10.4. The highest BCUT2D eigenvalue weighted by atomic mass is 35.5. The minimum absolute atomic E-state index is 0.153. The van der Waals surface area contributed by atoms with Gasteiger partial charge in [-0.1, -0.05) is 23.7 Å². The normalized spacial score (nSPS) is 18.9. The Morgan fingerprint density at radius 1 is 1.21 bits per heavy atom. The van der Waals surface area contributed by atoms with E-state index in [-0.39, 0.29) is 28.6 Å². The summed E-state index contributed by atoms with van der Waals surface area (Å²) in [7, 11) is 0. The Bertz CT molecular complexity index is 1190. The summed E-state index contributed by atoms with van der Waals surface area (Å²) in [5, 5.41) is 22.2. The Morgan fingerprint density at radius 3 is 2.65 bits per heavy atom. The molecule has 1 fully saturated rings. The fourth-order valence-corrected chi connectivity index (χ4v) is 4.28. The molecule has 0 aliphatic heterocycles. The quantitative estimate of drug-likeness (QED) is 0.393. The minimum atomic E-state index is -0.850. The third-order valence-corrected chi connectivity index (χ3v) is 6.21. The molecular weight excluding hydrogens is 461 g/mol. The van der Waals surface area contributed by atoms with E-state index in [1.54, 1.807) is 30.5 Å². The summed E-state index contributed by atoms with van der Waals surface area (Å²) in [5.74, 6) is -1.17. The van der Waals surface area contributed by atoms with Gasteiger partial charge in [-0.2, -0.15) is 0 Å². The number of benzene rings is 1. The zero-order valence-corrected chi connectivity index (χ0v) is 19.0. The Balaban J connectivity index is 1.55. The van der Waals surface area contributed by atoms with E-state index in [9.17, 15) is 19.4 Å². The van der Waals surface area contributed by atoms with Gasteiger partial charge in [-0.3, -0.25) is 4.79 Å². The van der Waals surface area contributed by atoms with E-state index in [1.807, 2.05) is 0 Å². The van der Waals surface area contributed by atoms with E-state index in [4.69, 9.17) is 17.3 Å². The molecule has 1 aromatic carbocycles. The van der Waals surface area contributed by atoms with Crippen molar-refractivity contribution in [1.82, 2.24) is 20.3 Å². The predicted molar refractivity (Wildman–Crippen MR) is 126 cm³/mol. The molecule has 3 aromatic rings. The molecule has 2 heterocycles. The molecular formula is C24H25ClFN5O3. The minimum Gasteiger partial charge on any atom is -0.394 e. The highest BCUT2D eigenvalue weighted by Gasteiger charge is 2.24. The third-order valence-electron chi connectivity index (χ3n) is 6.00. The van der Waals surface area contributed by atoms with Crippen LogP contribution in [-0.2, 0) is 0 Å². The molecule has 10 heteroatoms. The highest BCUT2D eigenvalue weighted by Crippen LogP contribution is 2.34. The molecule has 2 aromatic heterocycles. The maximum Gasteiger partial charge on any atom is 0.254 e. The first kappa shape index (κ1) is 24.0. The molecule has 34 heavy (non-hydrogen) atoms. The van der Waals surface area contributed by atoms with Crippen molar-refractivity contribution in [2.45, 2.75) is 43.7 Å². The van der Waals surface area contributed by atoms with Gasteiger partial charge < -0.3 is 21.3 Å². The number of rotatable bonds is 6. The summed E-state index contributed by atoms with van der Waals surface area (Å²) in [5.41, 5.74) is 7.66. The maximum absolute atomic E-state index is 15.0. The standard InChI is InChI=1S/C24H25ClFN5O3/c25-21-3-1-2-18(29-21)20(12-32)31-24(34)16-9-6-14(10-17(16)26)22-23(27)28-11-19(30-22)13-4-7-15(33)8-5-13/h1-3,6,9-11,13,15,20,32-33H,4-5,7-8,12H2,(H2,27,28)(H,31,34)/t13-,15+,20-/m1/s1. The van der Waals surface area contributed by atoms with Gasteiger partial charge >= 0.3 is 0 Å². The van der Waals surface area contributed by atoms with Crippen molar-refractivity contribution in [2.24, 2.45) is 0 Å². The SMILES string of the molecule is Nc1ncc([C@H]2CC[C@@H](O)CC2)nc1-c1ccc(C(=O)N[C@H](CO)c2cccc(Cl)n2)c(F)c1. The molecule has 0 bridgehead atoms. The number of nitrogens with one attached hydrogen (secondary N) is 1. The lowest BCUT2D eigenvalue weighted by molar-refractivity contribution is 0.0910. The van der Waals surface area contributed by atoms with Gasteiger partial charge in [0.2, 0.25) is 0 Å². The fourth-order valence-electron chi connectivity index (χ4n) is 4.11. The fraction of sp³-hybridized carbons (Fsp3) is 0.333. The molecule has 1 aliphatic carbocycles. The molecule has 1 atom stereocenters. The number of pyridine rings is 1. The summed E-state index contributed by atoms with van der Waals surface area (Å²) in [6.07, 6.45) is 4.32. The monoisotopic (exact) mass is 485 g/mol. The zero-order valence-electron chi connectivity index (χ0n) is 18.3. The number of hydrogen-bond donors (Lipinski definition) is 4. The van der Waals surface area contributed by atoms with Crippen LogP contribution in [0.1, 0.15) is 59.4 Å². The van der Waals surface area contributed by atoms with E-state index in [2.05, 4.69) is 20.3 Å². The Morgan fingerprint density at radius 2 is 1.97 bits per heavy atom. The topological polar surface area (TPSA) is 134 Å². The van der Waals surface area contributed by atoms with Crippen LogP contribution in [0.25, 0.3) is 11.3 Å². The number of anilines is 1. The Kier molecular flexibility index (Phi) is 7.35. The smallest absolute Gasteiger partial charge is 0.254 e. The first-order chi connectivity index (χ1) is 16.4. The zero-order chi connectivity index (χ0) is 24.2. The van der Waals surface area contributed by atoms with Crippen molar-refractivity contribution in [1.29, 1.82) is 0 Å². The first-order valence-electron chi connectivity index (χ1n) is 11.0. The van der Waals surface area contributed by atoms with Crippen molar-refractivity contribution in [2.75, 3.05) is 12.3 Å². The Hall–Kier alpha value is -3.14. The number of carbonyl (C=O) groups excluding carboxylic acids is 1. The molecule has 5 N–H and O–H groups in total. The van der Waals surface area contributed by atoms with Crippen LogP contribution in [0.15, 0.2) is 42.6 Å². The summed E-state index contributed by atoms with van der Waals surface area (Å²) in [6.45, 7) is -0.435. The molecule has 0 radical (unpaired) electrons. The Labute approximate surface area is 201 Å². The van der Waals surface area contributed by atoms with Gasteiger partial charge in [-0.15, -0.1) is 0 Å². The van der Waals surface area contributed by atoms with E-state index in [0.29, 0.717) is 29.8 Å². The summed E-state index contributed by atoms with van der Waals surface area (Å²) in [4.78, 5) is 25.6. The van der Waals surface area contributed by atoms with Crippen LogP contribution in [0.2, 0.25) is 5.15 Å². The molecule has 1 saturated carbocycles. The van der Waals surface area contributed by atoms with Crippen LogP contribution in [0.5, 0.6) is 0 Å². The lowest BCUT2D eigenvalue weighted by Gasteiger charge is -2.25. The number of halogens is 2. The van der Waals surface area contributed by atoms with Gasteiger partial charge in [0, 0.05) is 11.5 Å². The number of amides is 1. The summed E-state index contributed by atoms with van der Waals surface area (Å²) < 4.78 is 15.0. The first-order valence-corrected chi connectivity index (χ1v) is 11.4. The average molecular weight is 486 g/mol. The number of hydrogen-bond acceptors (Lipinski definition) is 7. The number of nitrogens with zero attached hydrogens (tertiary/aromatic N) is 3. The number of nitrogen functional groups attached to an aromatic ring is 1. The summed E-state index contributed by atoms with van der Waals surface area (Å²) in [6, 6.07) is 8.05.